The van der Waals surface area contributed by atoms with E-state index in [9.17, 15) is 13.2 Å². The molecule has 0 saturated heterocycles. The first-order chi connectivity index (χ1) is 9.82. The minimum atomic E-state index is -4.41. The number of benzene rings is 1. The van der Waals surface area contributed by atoms with E-state index in [1.54, 1.807) is 0 Å². The van der Waals surface area contributed by atoms with E-state index in [2.05, 4.69) is 4.98 Å². The second-order valence-corrected chi connectivity index (χ2v) is 4.18. The number of hydrogen-bond acceptors (Lipinski definition) is 4. The minimum absolute atomic E-state index is 0.154. The Labute approximate surface area is 118 Å². The Bertz CT molecular complexity index is 716. The lowest BCUT2D eigenvalue weighted by atomic mass is 10.2. The van der Waals surface area contributed by atoms with Crippen LogP contribution in [0.1, 0.15) is 5.56 Å². The number of halogens is 3. The van der Waals surface area contributed by atoms with E-state index >= 15 is 0 Å². The molecule has 0 saturated carbocycles. The number of hydrogen-bond donors (Lipinski definition) is 2. The van der Waals surface area contributed by atoms with Crippen molar-refractivity contribution in [1.29, 1.82) is 0 Å². The molecule has 8 heteroatoms. The standard InChI is InChI=1S/C13H13F3N4O/c1-21-12(18)5-4-11(17)20-7-19-9-6-8(13(14,15)16)2-3-10(9)20/h2-7H,17-18H2,1H3/b11-4+,12-5+. The van der Waals surface area contributed by atoms with Crippen LogP contribution in [0.5, 0.6) is 0 Å². The maximum atomic E-state index is 12.6. The lowest BCUT2D eigenvalue weighted by Crippen LogP contribution is -2.06. The van der Waals surface area contributed by atoms with Gasteiger partial charge in [-0.2, -0.15) is 13.2 Å². The minimum Gasteiger partial charge on any atom is -0.483 e. The number of imidazole rings is 1. The molecule has 0 aliphatic heterocycles. The Morgan fingerprint density at radius 3 is 2.62 bits per heavy atom. The van der Waals surface area contributed by atoms with Crippen molar-refractivity contribution in [2.45, 2.75) is 6.18 Å². The Morgan fingerprint density at radius 1 is 1.29 bits per heavy atom. The van der Waals surface area contributed by atoms with Crippen molar-refractivity contribution < 1.29 is 17.9 Å². The fraction of sp³-hybridized carbons (Fsp3) is 0.154. The summed E-state index contributed by atoms with van der Waals surface area (Å²) in [5.41, 5.74) is 11.2. The van der Waals surface area contributed by atoms with E-state index < -0.39 is 11.7 Å². The second kappa shape index (κ2) is 5.39. The van der Waals surface area contributed by atoms with Crippen molar-refractivity contribution in [1.82, 2.24) is 9.55 Å². The highest BCUT2D eigenvalue weighted by atomic mass is 19.4. The van der Waals surface area contributed by atoms with Crippen LogP contribution < -0.4 is 11.5 Å². The zero-order valence-corrected chi connectivity index (χ0v) is 11.1. The molecule has 21 heavy (non-hydrogen) atoms. The molecule has 1 aromatic carbocycles. The van der Waals surface area contributed by atoms with Gasteiger partial charge in [0.05, 0.1) is 23.7 Å². The highest BCUT2D eigenvalue weighted by Crippen LogP contribution is 2.31. The van der Waals surface area contributed by atoms with Gasteiger partial charge in [-0.1, -0.05) is 0 Å². The van der Waals surface area contributed by atoms with Gasteiger partial charge in [-0.15, -0.1) is 0 Å². The number of nitrogens with two attached hydrogens (primary N) is 2. The van der Waals surface area contributed by atoms with Gasteiger partial charge in [-0.3, -0.25) is 4.57 Å². The third-order valence-electron chi connectivity index (χ3n) is 2.81. The molecule has 0 bridgehead atoms. The van der Waals surface area contributed by atoms with Gasteiger partial charge < -0.3 is 16.2 Å². The van der Waals surface area contributed by atoms with Gasteiger partial charge in [0.1, 0.15) is 12.1 Å². The summed E-state index contributed by atoms with van der Waals surface area (Å²) < 4.78 is 44.1. The van der Waals surface area contributed by atoms with Gasteiger partial charge in [0.15, 0.2) is 5.88 Å². The summed E-state index contributed by atoms with van der Waals surface area (Å²) in [6, 6.07) is 3.26. The van der Waals surface area contributed by atoms with Crippen LogP contribution in [0.2, 0.25) is 0 Å². The number of allylic oxidation sites excluding steroid dienone is 2. The molecule has 0 unspecified atom stereocenters. The number of alkyl halides is 3. The Kier molecular flexibility index (Phi) is 3.79. The maximum absolute atomic E-state index is 12.6. The molecule has 4 N–H and O–H groups in total. The van der Waals surface area contributed by atoms with Crippen LogP contribution in [0.15, 0.2) is 42.6 Å². The van der Waals surface area contributed by atoms with Gasteiger partial charge in [-0.05, 0) is 24.3 Å². The molecule has 2 aromatic rings. The molecule has 0 aliphatic carbocycles. The van der Waals surface area contributed by atoms with Crippen LogP contribution in [-0.2, 0) is 10.9 Å². The van der Waals surface area contributed by atoms with Crippen LogP contribution in [0, 0.1) is 0 Å². The molecule has 0 spiro atoms. The number of nitrogens with zero attached hydrogens (tertiary/aromatic N) is 2. The predicted molar refractivity (Wildman–Crippen MR) is 72.5 cm³/mol. The third kappa shape index (κ3) is 3.10. The number of methoxy groups -OCH3 is 1. The van der Waals surface area contributed by atoms with E-state index in [0.717, 1.165) is 12.1 Å². The first kappa shape index (κ1) is 14.8. The van der Waals surface area contributed by atoms with Crippen LogP contribution >= 0.6 is 0 Å². The predicted octanol–water partition coefficient (Wildman–Crippen LogP) is 2.26. The molecule has 112 valence electrons. The van der Waals surface area contributed by atoms with Gasteiger partial charge in [0, 0.05) is 6.08 Å². The van der Waals surface area contributed by atoms with Crippen molar-refractivity contribution in [3.63, 3.8) is 0 Å². The number of aromatic nitrogens is 2. The Hall–Kier alpha value is -2.64. The maximum Gasteiger partial charge on any atom is 0.416 e. The zero-order chi connectivity index (χ0) is 15.6. The molecule has 2 rings (SSSR count). The van der Waals surface area contributed by atoms with E-state index in [1.807, 2.05) is 0 Å². The molecular weight excluding hydrogens is 285 g/mol. The molecule has 1 heterocycles. The van der Waals surface area contributed by atoms with Gasteiger partial charge in [0.2, 0.25) is 0 Å². The third-order valence-corrected chi connectivity index (χ3v) is 2.81. The number of fused-ring (bicyclic) bond motifs is 1. The monoisotopic (exact) mass is 298 g/mol. The van der Waals surface area contributed by atoms with Crippen molar-refractivity contribution >= 4 is 16.9 Å². The smallest absolute Gasteiger partial charge is 0.416 e. The average molecular weight is 298 g/mol. The Morgan fingerprint density at radius 2 is 2.00 bits per heavy atom. The SMILES string of the molecule is CO/C(N)=C/C=C(\N)n1cnc2cc(C(F)(F)F)ccc21. The van der Waals surface area contributed by atoms with E-state index in [4.69, 9.17) is 16.2 Å². The van der Waals surface area contributed by atoms with Crippen LogP contribution in [0.25, 0.3) is 16.9 Å². The van der Waals surface area contributed by atoms with Crippen LogP contribution in [0.4, 0.5) is 13.2 Å². The fourth-order valence-electron chi connectivity index (χ4n) is 1.71. The summed E-state index contributed by atoms with van der Waals surface area (Å²) in [4.78, 5) is 3.92. The van der Waals surface area contributed by atoms with Crippen molar-refractivity contribution in [3.8, 4) is 0 Å². The lowest BCUT2D eigenvalue weighted by Gasteiger charge is -2.07. The second-order valence-electron chi connectivity index (χ2n) is 4.18. The van der Waals surface area contributed by atoms with Gasteiger partial charge in [0.25, 0.3) is 0 Å². The highest BCUT2D eigenvalue weighted by Gasteiger charge is 2.30. The van der Waals surface area contributed by atoms with Crippen molar-refractivity contribution in [2.24, 2.45) is 11.5 Å². The van der Waals surface area contributed by atoms with E-state index in [0.29, 0.717) is 5.52 Å². The summed E-state index contributed by atoms with van der Waals surface area (Å²) in [5.74, 6) is 0.402. The summed E-state index contributed by atoms with van der Waals surface area (Å²) in [5, 5.41) is 0. The van der Waals surface area contributed by atoms with Crippen molar-refractivity contribution in [2.75, 3.05) is 7.11 Å². The van der Waals surface area contributed by atoms with E-state index in [1.165, 1.54) is 36.2 Å². The molecule has 0 fully saturated rings. The molecular formula is C13H13F3N4O. The fourth-order valence-corrected chi connectivity index (χ4v) is 1.71. The van der Waals surface area contributed by atoms with Gasteiger partial charge in [-0.25, -0.2) is 4.98 Å². The average Bonchev–Trinajstić information content (AvgIpc) is 2.86. The molecule has 0 radical (unpaired) electrons. The molecule has 1 aromatic heterocycles. The van der Waals surface area contributed by atoms with Crippen LogP contribution in [-0.4, -0.2) is 16.7 Å². The number of ether oxygens (including phenoxy) is 1. The quantitative estimate of drug-likeness (QED) is 0.673. The summed E-state index contributed by atoms with van der Waals surface area (Å²) >= 11 is 0. The number of rotatable bonds is 3. The summed E-state index contributed by atoms with van der Waals surface area (Å²) in [7, 11) is 1.40. The molecule has 0 atom stereocenters. The first-order valence-corrected chi connectivity index (χ1v) is 5.84. The highest BCUT2D eigenvalue weighted by molar-refractivity contribution is 5.79. The van der Waals surface area contributed by atoms with E-state index in [-0.39, 0.29) is 17.2 Å². The molecule has 0 aliphatic rings. The zero-order valence-electron chi connectivity index (χ0n) is 11.1. The van der Waals surface area contributed by atoms with Crippen LogP contribution in [0.3, 0.4) is 0 Å². The molecule has 0 amide bonds. The first-order valence-electron chi connectivity index (χ1n) is 5.84. The topological polar surface area (TPSA) is 79.1 Å². The van der Waals surface area contributed by atoms with Crippen molar-refractivity contribution in [3.05, 3.63) is 48.1 Å². The van der Waals surface area contributed by atoms with Gasteiger partial charge >= 0.3 is 6.18 Å². The normalized spacial score (nSPS) is 13.7. The summed E-state index contributed by atoms with van der Waals surface area (Å²) in [6.45, 7) is 0. The molecule has 5 nitrogen and oxygen atoms in total. The lowest BCUT2D eigenvalue weighted by molar-refractivity contribution is -0.137. The summed E-state index contributed by atoms with van der Waals surface area (Å²) in [6.07, 6.45) is -0.161. The largest absolute Gasteiger partial charge is 0.483 e. The Balaban J connectivity index is 2.44.